The topological polar surface area (TPSA) is 45.2 Å². The van der Waals surface area contributed by atoms with Crippen molar-refractivity contribution in [1.29, 1.82) is 0 Å². The van der Waals surface area contributed by atoms with Gasteiger partial charge in [0.05, 0.1) is 5.69 Å². The highest BCUT2D eigenvalue weighted by molar-refractivity contribution is 7.15. The molecule has 0 aromatic carbocycles. The van der Waals surface area contributed by atoms with Gasteiger partial charge in [-0.05, 0) is 45.2 Å². The van der Waals surface area contributed by atoms with Gasteiger partial charge >= 0.3 is 0 Å². The lowest BCUT2D eigenvalue weighted by atomic mass is 9.96. The molecular weight excluding hydrogens is 282 g/mol. The third-order valence-electron chi connectivity index (χ3n) is 4.02. The molecule has 1 aliphatic carbocycles. The molecule has 1 N–H and O–H groups in total. The Kier molecular flexibility index (Phi) is 6.18. The van der Waals surface area contributed by atoms with Gasteiger partial charge in [0.1, 0.15) is 0 Å². The summed E-state index contributed by atoms with van der Waals surface area (Å²) in [7, 11) is 0. The van der Waals surface area contributed by atoms with Crippen LogP contribution in [0.1, 0.15) is 57.0 Å². The number of aromatic nitrogens is 1. The molecule has 1 aromatic heterocycles. The Balaban J connectivity index is 2.03. The lowest BCUT2D eigenvalue weighted by Gasteiger charge is -2.33. The van der Waals surface area contributed by atoms with Crippen LogP contribution in [-0.4, -0.2) is 34.9 Å². The predicted octanol–water partition coefficient (Wildman–Crippen LogP) is 3.47. The van der Waals surface area contributed by atoms with E-state index in [1.165, 1.54) is 42.9 Å². The second kappa shape index (κ2) is 7.90. The average Bonchev–Trinajstić information content (AvgIpc) is 2.88. The van der Waals surface area contributed by atoms with E-state index in [0.717, 1.165) is 18.0 Å². The molecular formula is C16H27N3OS. The van der Waals surface area contributed by atoms with Crippen LogP contribution in [0.5, 0.6) is 0 Å². The van der Waals surface area contributed by atoms with E-state index in [-0.39, 0.29) is 5.91 Å². The van der Waals surface area contributed by atoms with Gasteiger partial charge in [-0.1, -0.05) is 20.8 Å². The summed E-state index contributed by atoms with van der Waals surface area (Å²) < 4.78 is 0. The Morgan fingerprint density at radius 2 is 2.05 bits per heavy atom. The van der Waals surface area contributed by atoms with Gasteiger partial charge in [-0.3, -0.25) is 4.79 Å². The second-order valence-corrected chi connectivity index (χ2v) is 6.81. The molecule has 0 bridgehead atoms. The van der Waals surface area contributed by atoms with E-state index in [1.54, 1.807) is 11.3 Å². The number of carbonyl (C=O) groups is 1. The van der Waals surface area contributed by atoms with Crippen molar-refractivity contribution in [2.45, 2.75) is 65.3 Å². The molecule has 0 saturated carbocycles. The fraction of sp³-hybridized carbons (Fsp3) is 0.750. The van der Waals surface area contributed by atoms with Crippen LogP contribution in [-0.2, 0) is 17.6 Å². The summed E-state index contributed by atoms with van der Waals surface area (Å²) in [4.78, 5) is 20.1. The first-order valence-corrected chi connectivity index (χ1v) is 9.02. The molecule has 1 amide bonds. The fourth-order valence-electron chi connectivity index (χ4n) is 2.98. The number of rotatable bonds is 7. The van der Waals surface area contributed by atoms with Gasteiger partial charge in [-0.15, -0.1) is 11.3 Å². The van der Waals surface area contributed by atoms with Crippen molar-refractivity contribution in [2.75, 3.05) is 18.4 Å². The van der Waals surface area contributed by atoms with E-state index in [4.69, 9.17) is 0 Å². The summed E-state index contributed by atoms with van der Waals surface area (Å²) in [6.07, 6.45) is 6.26. The van der Waals surface area contributed by atoms with Crippen molar-refractivity contribution in [2.24, 2.45) is 0 Å². The minimum absolute atomic E-state index is 0.0521. The first kappa shape index (κ1) is 16.4. The van der Waals surface area contributed by atoms with Crippen molar-refractivity contribution < 1.29 is 4.79 Å². The number of hydrogen-bond acceptors (Lipinski definition) is 4. The monoisotopic (exact) mass is 309 g/mol. The van der Waals surface area contributed by atoms with Gasteiger partial charge in [0.2, 0.25) is 5.91 Å². The van der Waals surface area contributed by atoms with Crippen LogP contribution in [0, 0.1) is 0 Å². The molecule has 0 radical (unpaired) electrons. The Morgan fingerprint density at radius 3 is 2.67 bits per heavy atom. The van der Waals surface area contributed by atoms with E-state index in [9.17, 15) is 4.79 Å². The van der Waals surface area contributed by atoms with Gasteiger partial charge in [0, 0.05) is 17.3 Å². The normalized spacial score (nSPS) is 17.8. The number of aryl methyl sites for hydroxylation is 1. The van der Waals surface area contributed by atoms with E-state index >= 15 is 0 Å². The van der Waals surface area contributed by atoms with Gasteiger partial charge in [0.25, 0.3) is 0 Å². The molecule has 5 heteroatoms. The number of fused-ring (bicyclic) bond motifs is 1. The van der Waals surface area contributed by atoms with E-state index in [1.807, 2.05) is 6.92 Å². The maximum Gasteiger partial charge on any atom is 0.225 e. The molecule has 0 saturated heterocycles. The molecule has 1 aromatic rings. The molecule has 1 aliphatic rings. The largest absolute Gasteiger partial charge is 0.302 e. The zero-order chi connectivity index (χ0) is 15.2. The minimum Gasteiger partial charge on any atom is -0.302 e. The molecule has 118 valence electrons. The summed E-state index contributed by atoms with van der Waals surface area (Å²) in [6.45, 7) is 8.74. The summed E-state index contributed by atoms with van der Waals surface area (Å²) in [6, 6.07) is 0.646. The van der Waals surface area contributed by atoms with Gasteiger partial charge in [-0.25, -0.2) is 4.98 Å². The Morgan fingerprint density at radius 1 is 1.33 bits per heavy atom. The standard InChI is InChI=1S/C16H27N3OS/c1-4-9-19(10-5-2)12-7-8-13-14(11-12)21-16(17-13)18-15(20)6-3/h12H,4-11H2,1-3H3,(H,17,18,20). The van der Waals surface area contributed by atoms with Gasteiger partial charge < -0.3 is 10.2 Å². The quantitative estimate of drug-likeness (QED) is 0.839. The third kappa shape index (κ3) is 4.27. The number of carbonyl (C=O) groups excluding carboxylic acids is 1. The molecule has 0 spiro atoms. The number of anilines is 1. The third-order valence-corrected chi connectivity index (χ3v) is 5.05. The van der Waals surface area contributed by atoms with Crippen molar-refractivity contribution in [3.63, 3.8) is 0 Å². The van der Waals surface area contributed by atoms with Gasteiger partial charge in [-0.2, -0.15) is 0 Å². The molecule has 0 fully saturated rings. The smallest absolute Gasteiger partial charge is 0.225 e. The first-order chi connectivity index (χ1) is 10.2. The highest BCUT2D eigenvalue weighted by atomic mass is 32.1. The van der Waals surface area contributed by atoms with E-state index in [2.05, 4.69) is 29.0 Å². The molecule has 1 unspecified atom stereocenters. The SMILES string of the molecule is CCCN(CCC)C1CCc2nc(NC(=O)CC)sc2C1. The van der Waals surface area contributed by atoms with Crippen LogP contribution in [0.3, 0.4) is 0 Å². The van der Waals surface area contributed by atoms with E-state index in [0.29, 0.717) is 12.5 Å². The highest BCUT2D eigenvalue weighted by Crippen LogP contribution is 2.31. The Labute approximate surface area is 132 Å². The van der Waals surface area contributed by atoms with Crippen molar-refractivity contribution in [3.8, 4) is 0 Å². The van der Waals surface area contributed by atoms with Crippen LogP contribution < -0.4 is 5.32 Å². The van der Waals surface area contributed by atoms with Crippen molar-refractivity contribution in [1.82, 2.24) is 9.88 Å². The maximum absolute atomic E-state index is 11.5. The average molecular weight is 309 g/mol. The number of nitrogens with zero attached hydrogens (tertiary/aromatic N) is 2. The fourth-order valence-corrected chi connectivity index (χ4v) is 4.08. The molecule has 2 rings (SSSR count). The molecule has 1 atom stereocenters. The highest BCUT2D eigenvalue weighted by Gasteiger charge is 2.26. The second-order valence-electron chi connectivity index (χ2n) is 5.72. The van der Waals surface area contributed by atoms with Crippen LogP contribution in [0.15, 0.2) is 0 Å². The van der Waals surface area contributed by atoms with Gasteiger partial charge in [0.15, 0.2) is 5.13 Å². The summed E-state index contributed by atoms with van der Waals surface area (Å²) in [5, 5.41) is 3.68. The lowest BCUT2D eigenvalue weighted by Crippen LogP contribution is -2.40. The Hall–Kier alpha value is -0.940. The molecule has 0 aliphatic heterocycles. The lowest BCUT2D eigenvalue weighted by molar-refractivity contribution is -0.115. The number of nitrogens with one attached hydrogen (secondary N) is 1. The Bertz CT molecular complexity index is 466. The van der Waals surface area contributed by atoms with Crippen LogP contribution >= 0.6 is 11.3 Å². The van der Waals surface area contributed by atoms with Crippen LogP contribution in [0.4, 0.5) is 5.13 Å². The number of thiazole rings is 1. The predicted molar refractivity (Wildman–Crippen MR) is 89.0 cm³/mol. The van der Waals surface area contributed by atoms with Crippen LogP contribution in [0.25, 0.3) is 0 Å². The van der Waals surface area contributed by atoms with Crippen molar-refractivity contribution >= 4 is 22.4 Å². The number of hydrogen-bond donors (Lipinski definition) is 1. The van der Waals surface area contributed by atoms with Crippen molar-refractivity contribution in [3.05, 3.63) is 10.6 Å². The maximum atomic E-state index is 11.5. The molecule has 4 nitrogen and oxygen atoms in total. The summed E-state index contributed by atoms with van der Waals surface area (Å²) in [5.74, 6) is 0.0521. The molecule has 21 heavy (non-hydrogen) atoms. The zero-order valence-electron chi connectivity index (χ0n) is 13.4. The summed E-state index contributed by atoms with van der Waals surface area (Å²) in [5.41, 5.74) is 1.20. The first-order valence-electron chi connectivity index (χ1n) is 8.20. The zero-order valence-corrected chi connectivity index (χ0v) is 14.3. The summed E-state index contributed by atoms with van der Waals surface area (Å²) >= 11 is 1.67. The molecule has 1 heterocycles. The minimum atomic E-state index is 0.0521. The number of amides is 1. The van der Waals surface area contributed by atoms with Crippen LogP contribution in [0.2, 0.25) is 0 Å². The van der Waals surface area contributed by atoms with E-state index < -0.39 is 0 Å².